The number of unbranched alkanes of at least 4 members (excludes halogenated alkanes) is 6. The molecule has 0 aromatic carbocycles. The van der Waals surface area contributed by atoms with Crippen LogP contribution in [0, 0.1) is 0 Å². The van der Waals surface area contributed by atoms with Crippen molar-refractivity contribution in [1.29, 1.82) is 0 Å². The van der Waals surface area contributed by atoms with Crippen LogP contribution in [-0.4, -0.2) is 34.5 Å². The maximum atomic E-state index is 10.9. The monoisotopic (exact) mass is 303 g/mol. The Morgan fingerprint density at radius 2 is 1.65 bits per heavy atom. The Balaban J connectivity index is 3.41. The third-order valence-electron chi connectivity index (χ3n) is 3.12. The summed E-state index contributed by atoms with van der Waals surface area (Å²) in [5.41, 5.74) is 0. The summed E-state index contributed by atoms with van der Waals surface area (Å²) < 4.78 is 0. The molecule has 0 saturated heterocycles. The number of carbonyl (C=O) groups excluding carboxylic acids is 1. The molecule has 4 nitrogen and oxygen atoms in total. The van der Waals surface area contributed by atoms with E-state index in [0.717, 1.165) is 11.5 Å². The van der Waals surface area contributed by atoms with Gasteiger partial charge >= 0.3 is 5.97 Å². The van der Waals surface area contributed by atoms with Crippen molar-refractivity contribution in [3.63, 3.8) is 0 Å². The third kappa shape index (κ3) is 12.3. The summed E-state index contributed by atoms with van der Waals surface area (Å²) in [6, 6.07) is -0.742. The first-order valence-corrected chi connectivity index (χ1v) is 8.81. The predicted octanol–water partition coefficient (Wildman–Crippen LogP) is 3.45. The molecule has 0 radical (unpaired) electrons. The standard InChI is InChI=1S/C15H29NO3S/c1-3-4-5-6-7-8-9-11-20-12-10-14(15(18)19)16-13(2)17/h14H,3-12H2,1-2H3,(H,16,17)(H,18,19). The second-order valence-corrected chi connectivity index (χ2v) is 6.34. The summed E-state index contributed by atoms with van der Waals surface area (Å²) in [6.07, 6.45) is 9.59. The maximum Gasteiger partial charge on any atom is 0.326 e. The molecule has 1 atom stereocenters. The molecule has 0 aliphatic carbocycles. The van der Waals surface area contributed by atoms with Gasteiger partial charge in [0.05, 0.1) is 0 Å². The zero-order valence-corrected chi connectivity index (χ0v) is 13.6. The van der Waals surface area contributed by atoms with Gasteiger partial charge in [0.2, 0.25) is 5.91 Å². The van der Waals surface area contributed by atoms with Gasteiger partial charge in [0.25, 0.3) is 0 Å². The third-order valence-corrected chi connectivity index (χ3v) is 4.22. The van der Waals surface area contributed by atoms with Crippen molar-refractivity contribution >= 4 is 23.6 Å². The van der Waals surface area contributed by atoms with E-state index in [2.05, 4.69) is 12.2 Å². The number of hydrogen-bond donors (Lipinski definition) is 2. The molecule has 0 fully saturated rings. The Morgan fingerprint density at radius 3 is 2.20 bits per heavy atom. The quantitative estimate of drug-likeness (QED) is 0.511. The van der Waals surface area contributed by atoms with E-state index >= 15 is 0 Å². The minimum absolute atomic E-state index is 0.283. The van der Waals surface area contributed by atoms with Crippen LogP contribution in [0.15, 0.2) is 0 Å². The number of aliphatic carboxylic acids is 1. The molecular weight excluding hydrogens is 274 g/mol. The summed E-state index contributed by atoms with van der Waals surface area (Å²) in [5.74, 6) is 0.638. The van der Waals surface area contributed by atoms with E-state index in [-0.39, 0.29) is 5.91 Å². The summed E-state index contributed by atoms with van der Waals surface area (Å²) in [7, 11) is 0. The summed E-state index contributed by atoms with van der Waals surface area (Å²) >= 11 is 1.78. The fourth-order valence-electron chi connectivity index (χ4n) is 1.97. The van der Waals surface area contributed by atoms with E-state index in [1.54, 1.807) is 11.8 Å². The van der Waals surface area contributed by atoms with Gasteiger partial charge in [-0.05, 0) is 24.3 Å². The van der Waals surface area contributed by atoms with Crippen molar-refractivity contribution < 1.29 is 14.7 Å². The van der Waals surface area contributed by atoms with Gasteiger partial charge in [-0.2, -0.15) is 11.8 Å². The van der Waals surface area contributed by atoms with Crippen LogP contribution in [0.1, 0.15) is 65.2 Å². The normalized spacial score (nSPS) is 12.1. The topological polar surface area (TPSA) is 66.4 Å². The Kier molecular flexibility index (Phi) is 12.8. The Hall–Kier alpha value is -0.710. The molecule has 0 aliphatic rings. The zero-order valence-electron chi connectivity index (χ0n) is 12.8. The van der Waals surface area contributed by atoms with Crippen LogP contribution in [-0.2, 0) is 9.59 Å². The second-order valence-electron chi connectivity index (χ2n) is 5.11. The highest BCUT2D eigenvalue weighted by Gasteiger charge is 2.17. The van der Waals surface area contributed by atoms with Crippen LogP contribution in [0.2, 0.25) is 0 Å². The van der Waals surface area contributed by atoms with Gasteiger partial charge in [0, 0.05) is 6.92 Å². The molecule has 0 saturated carbocycles. The number of nitrogens with one attached hydrogen (secondary N) is 1. The van der Waals surface area contributed by atoms with E-state index in [0.29, 0.717) is 6.42 Å². The molecule has 118 valence electrons. The van der Waals surface area contributed by atoms with Crippen LogP contribution >= 0.6 is 11.8 Å². The number of hydrogen-bond acceptors (Lipinski definition) is 3. The van der Waals surface area contributed by atoms with Crippen molar-refractivity contribution in [3.05, 3.63) is 0 Å². The number of thioether (sulfide) groups is 1. The van der Waals surface area contributed by atoms with Crippen LogP contribution in [0.4, 0.5) is 0 Å². The van der Waals surface area contributed by atoms with Crippen molar-refractivity contribution in [1.82, 2.24) is 5.32 Å². The SMILES string of the molecule is CCCCCCCCCSCCC(NC(C)=O)C(=O)O. The van der Waals surface area contributed by atoms with Crippen molar-refractivity contribution in [2.75, 3.05) is 11.5 Å². The molecule has 0 aromatic heterocycles. The van der Waals surface area contributed by atoms with E-state index in [1.807, 2.05) is 0 Å². The Morgan fingerprint density at radius 1 is 1.05 bits per heavy atom. The molecular formula is C15H29NO3S. The maximum absolute atomic E-state index is 10.9. The molecule has 0 spiro atoms. The second kappa shape index (κ2) is 13.3. The molecule has 20 heavy (non-hydrogen) atoms. The first kappa shape index (κ1) is 19.3. The fourth-order valence-corrected chi connectivity index (χ4v) is 2.98. The molecule has 1 amide bonds. The first-order valence-electron chi connectivity index (χ1n) is 7.65. The smallest absolute Gasteiger partial charge is 0.326 e. The first-order chi connectivity index (χ1) is 9.57. The summed E-state index contributed by atoms with van der Waals surface area (Å²) in [4.78, 5) is 21.8. The fraction of sp³-hybridized carbons (Fsp3) is 0.867. The lowest BCUT2D eigenvalue weighted by molar-refractivity contribution is -0.141. The molecule has 0 rings (SSSR count). The average Bonchev–Trinajstić information content (AvgIpc) is 2.39. The molecule has 0 aromatic rings. The van der Waals surface area contributed by atoms with E-state index < -0.39 is 12.0 Å². The number of carboxylic acids is 1. The van der Waals surface area contributed by atoms with Crippen LogP contribution in [0.5, 0.6) is 0 Å². The molecule has 1 unspecified atom stereocenters. The van der Waals surface area contributed by atoms with E-state index in [4.69, 9.17) is 5.11 Å². The molecule has 0 heterocycles. The number of rotatable bonds is 13. The lowest BCUT2D eigenvalue weighted by Crippen LogP contribution is -2.39. The van der Waals surface area contributed by atoms with Gasteiger partial charge < -0.3 is 10.4 Å². The van der Waals surface area contributed by atoms with Crippen molar-refractivity contribution in [2.24, 2.45) is 0 Å². The molecule has 2 N–H and O–H groups in total. The van der Waals surface area contributed by atoms with Gasteiger partial charge in [0.1, 0.15) is 6.04 Å². The summed E-state index contributed by atoms with van der Waals surface area (Å²) in [6.45, 7) is 3.57. The highest BCUT2D eigenvalue weighted by molar-refractivity contribution is 7.99. The van der Waals surface area contributed by atoms with Crippen LogP contribution < -0.4 is 5.32 Å². The average molecular weight is 303 g/mol. The zero-order chi connectivity index (χ0) is 15.2. The number of carbonyl (C=O) groups is 2. The predicted molar refractivity (Wildman–Crippen MR) is 85.2 cm³/mol. The van der Waals surface area contributed by atoms with Gasteiger partial charge in [-0.1, -0.05) is 45.4 Å². The minimum Gasteiger partial charge on any atom is -0.480 e. The van der Waals surface area contributed by atoms with Crippen LogP contribution in [0.3, 0.4) is 0 Å². The van der Waals surface area contributed by atoms with Crippen LogP contribution in [0.25, 0.3) is 0 Å². The van der Waals surface area contributed by atoms with Gasteiger partial charge in [0.15, 0.2) is 0 Å². The van der Waals surface area contributed by atoms with E-state index in [9.17, 15) is 9.59 Å². The summed E-state index contributed by atoms with van der Waals surface area (Å²) in [5, 5.41) is 11.4. The Labute approximate surface area is 127 Å². The van der Waals surface area contributed by atoms with Gasteiger partial charge in [-0.25, -0.2) is 4.79 Å². The minimum atomic E-state index is -0.947. The highest BCUT2D eigenvalue weighted by Crippen LogP contribution is 2.12. The number of carboxylic acid groups (broad SMARTS) is 1. The molecule has 5 heteroatoms. The lowest BCUT2D eigenvalue weighted by Gasteiger charge is -2.12. The lowest BCUT2D eigenvalue weighted by atomic mass is 10.1. The van der Waals surface area contributed by atoms with Crippen molar-refractivity contribution in [3.8, 4) is 0 Å². The van der Waals surface area contributed by atoms with Crippen molar-refractivity contribution in [2.45, 2.75) is 71.3 Å². The molecule has 0 aliphatic heterocycles. The van der Waals surface area contributed by atoms with Gasteiger partial charge in [-0.3, -0.25) is 4.79 Å². The highest BCUT2D eigenvalue weighted by atomic mass is 32.2. The largest absolute Gasteiger partial charge is 0.480 e. The number of amides is 1. The molecule has 0 bridgehead atoms. The van der Waals surface area contributed by atoms with E-state index in [1.165, 1.54) is 51.9 Å². The Bertz CT molecular complexity index is 272. The van der Waals surface area contributed by atoms with Gasteiger partial charge in [-0.15, -0.1) is 0 Å².